The normalized spacial score (nSPS) is 32.9. The molecule has 1 aromatic heterocycles. The van der Waals surface area contributed by atoms with Gasteiger partial charge >= 0.3 is 0 Å². The molecule has 0 fully saturated rings. The number of hydrogen-bond acceptors (Lipinski definition) is 1. The lowest BCUT2D eigenvalue weighted by Gasteiger charge is -2.38. The van der Waals surface area contributed by atoms with E-state index in [-0.39, 0.29) is 0 Å². The topological polar surface area (TPSA) is 13.1 Å². The van der Waals surface area contributed by atoms with Gasteiger partial charge in [0.25, 0.3) is 0 Å². The second-order valence-corrected chi connectivity index (χ2v) is 5.68. The first-order chi connectivity index (χ1) is 7.66. The third kappa shape index (κ3) is 1.37. The first kappa shape index (κ1) is 10.2. The van der Waals surface area contributed by atoms with Gasteiger partial charge in [-0.1, -0.05) is 18.6 Å². The molecule has 0 saturated heterocycles. The van der Waals surface area contributed by atoms with Crippen molar-refractivity contribution in [3.8, 4) is 0 Å². The second-order valence-electron chi connectivity index (χ2n) is 5.68. The summed E-state index contributed by atoms with van der Waals surface area (Å²) in [5.74, 6) is 3.49. The Morgan fingerprint density at radius 3 is 2.94 bits per heavy atom. The molecule has 3 rings (SSSR count). The van der Waals surface area contributed by atoms with Gasteiger partial charge in [0.05, 0.1) is 6.26 Å². The van der Waals surface area contributed by atoms with Crippen molar-refractivity contribution in [2.75, 3.05) is 0 Å². The van der Waals surface area contributed by atoms with E-state index in [1.165, 1.54) is 29.7 Å². The maximum Gasteiger partial charge on any atom is 0.108 e. The van der Waals surface area contributed by atoms with Crippen LogP contribution in [0.15, 0.2) is 22.3 Å². The van der Waals surface area contributed by atoms with Crippen LogP contribution in [-0.4, -0.2) is 0 Å². The van der Waals surface area contributed by atoms with Crippen molar-refractivity contribution in [1.82, 2.24) is 0 Å². The maximum atomic E-state index is 5.71. The highest BCUT2D eigenvalue weighted by atomic mass is 16.3. The largest absolute Gasteiger partial charge is 0.469 e. The summed E-state index contributed by atoms with van der Waals surface area (Å²) in [5, 5.41) is 0. The van der Waals surface area contributed by atoms with Crippen molar-refractivity contribution >= 4 is 0 Å². The van der Waals surface area contributed by atoms with Crippen LogP contribution in [0.1, 0.15) is 49.5 Å². The zero-order valence-corrected chi connectivity index (χ0v) is 10.4. The standard InChI is InChI=1S/C15H20O/c1-9-4-5-12-10(2)7-14-15(13(12)6-9)11(3)8-16-14/h6,8,10,12-13H,4-5,7H2,1-3H3/t10-,12+,13+/m0/s1. The van der Waals surface area contributed by atoms with Crippen LogP contribution in [0.3, 0.4) is 0 Å². The van der Waals surface area contributed by atoms with Gasteiger partial charge in [-0.25, -0.2) is 0 Å². The molecule has 0 radical (unpaired) electrons. The summed E-state index contributed by atoms with van der Waals surface area (Å²) in [7, 11) is 0. The average Bonchev–Trinajstić information content (AvgIpc) is 2.60. The van der Waals surface area contributed by atoms with Gasteiger partial charge in [0.1, 0.15) is 5.76 Å². The summed E-state index contributed by atoms with van der Waals surface area (Å²) >= 11 is 0. The van der Waals surface area contributed by atoms with Crippen molar-refractivity contribution < 1.29 is 4.42 Å². The Morgan fingerprint density at radius 1 is 1.31 bits per heavy atom. The molecule has 1 heterocycles. The third-order valence-electron chi connectivity index (χ3n) is 4.47. The van der Waals surface area contributed by atoms with Crippen LogP contribution in [0.5, 0.6) is 0 Å². The Hall–Kier alpha value is -0.980. The molecule has 3 atom stereocenters. The predicted octanol–water partition coefficient (Wildman–Crippen LogP) is 4.22. The molecule has 2 aliphatic rings. The first-order valence-corrected chi connectivity index (χ1v) is 6.41. The van der Waals surface area contributed by atoms with Crippen LogP contribution in [0, 0.1) is 18.8 Å². The van der Waals surface area contributed by atoms with E-state index in [0.717, 1.165) is 18.3 Å². The Morgan fingerprint density at radius 2 is 2.12 bits per heavy atom. The smallest absolute Gasteiger partial charge is 0.108 e. The van der Waals surface area contributed by atoms with Crippen LogP contribution in [0.4, 0.5) is 0 Å². The third-order valence-corrected chi connectivity index (χ3v) is 4.47. The van der Waals surface area contributed by atoms with E-state index in [2.05, 4.69) is 26.8 Å². The van der Waals surface area contributed by atoms with Crippen LogP contribution in [-0.2, 0) is 6.42 Å². The SMILES string of the molecule is CC1=C[C@H]2c3c(C)coc3C[C@H](C)[C@H]2CC1. The predicted molar refractivity (Wildman–Crippen MR) is 65.5 cm³/mol. The van der Waals surface area contributed by atoms with Crippen molar-refractivity contribution in [2.45, 2.75) is 46.0 Å². The Kier molecular flexibility index (Phi) is 2.24. The molecule has 1 nitrogen and oxygen atoms in total. The fourth-order valence-electron chi connectivity index (χ4n) is 3.58. The zero-order chi connectivity index (χ0) is 11.3. The average molecular weight is 216 g/mol. The molecular formula is C15H20O. The van der Waals surface area contributed by atoms with Crippen molar-refractivity contribution in [3.05, 3.63) is 34.8 Å². The highest BCUT2D eigenvalue weighted by molar-refractivity contribution is 5.39. The number of fused-ring (bicyclic) bond motifs is 3. The van der Waals surface area contributed by atoms with Crippen molar-refractivity contribution in [3.63, 3.8) is 0 Å². The second kappa shape index (κ2) is 3.51. The zero-order valence-electron chi connectivity index (χ0n) is 10.4. The van der Waals surface area contributed by atoms with E-state index in [0.29, 0.717) is 5.92 Å². The molecular weight excluding hydrogens is 196 g/mol. The van der Waals surface area contributed by atoms with Gasteiger partial charge in [0, 0.05) is 17.9 Å². The molecule has 0 aliphatic heterocycles. The summed E-state index contributed by atoms with van der Waals surface area (Å²) < 4.78 is 5.71. The minimum absolute atomic E-state index is 0.631. The maximum absolute atomic E-state index is 5.71. The van der Waals surface area contributed by atoms with Gasteiger partial charge in [0.15, 0.2) is 0 Å². The van der Waals surface area contributed by atoms with Crippen LogP contribution in [0.25, 0.3) is 0 Å². The number of furan rings is 1. The van der Waals surface area contributed by atoms with E-state index in [1.54, 1.807) is 5.57 Å². The van der Waals surface area contributed by atoms with E-state index in [1.807, 2.05) is 6.26 Å². The highest BCUT2D eigenvalue weighted by Crippen LogP contribution is 2.47. The lowest BCUT2D eigenvalue weighted by molar-refractivity contribution is 0.255. The molecule has 16 heavy (non-hydrogen) atoms. The first-order valence-electron chi connectivity index (χ1n) is 6.41. The lowest BCUT2D eigenvalue weighted by Crippen LogP contribution is -2.29. The van der Waals surface area contributed by atoms with Crippen LogP contribution >= 0.6 is 0 Å². The molecule has 0 spiro atoms. The van der Waals surface area contributed by atoms with Gasteiger partial charge in [-0.15, -0.1) is 0 Å². The number of aryl methyl sites for hydroxylation is 1. The van der Waals surface area contributed by atoms with Gasteiger partial charge in [-0.2, -0.15) is 0 Å². The summed E-state index contributed by atoms with van der Waals surface area (Å²) in [6, 6.07) is 0. The molecule has 0 unspecified atom stereocenters. The molecule has 2 aliphatic carbocycles. The molecule has 0 N–H and O–H groups in total. The van der Waals surface area contributed by atoms with Crippen molar-refractivity contribution in [2.24, 2.45) is 11.8 Å². The Bertz CT molecular complexity index is 438. The monoisotopic (exact) mass is 216 g/mol. The van der Waals surface area contributed by atoms with Gasteiger partial charge in [0.2, 0.25) is 0 Å². The van der Waals surface area contributed by atoms with Crippen LogP contribution < -0.4 is 0 Å². The quantitative estimate of drug-likeness (QED) is 0.592. The Balaban J connectivity index is 2.12. The van der Waals surface area contributed by atoms with E-state index >= 15 is 0 Å². The molecule has 86 valence electrons. The molecule has 0 aromatic carbocycles. The summed E-state index contributed by atoms with van der Waals surface area (Å²) in [6.07, 6.45) is 8.22. The summed E-state index contributed by atoms with van der Waals surface area (Å²) in [5.41, 5.74) is 4.41. The summed E-state index contributed by atoms with van der Waals surface area (Å²) in [4.78, 5) is 0. The Labute approximate surface area is 97.5 Å². The summed E-state index contributed by atoms with van der Waals surface area (Å²) in [6.45, 7) is 6.84. The molecule has 0 bridgehead atoms. The van der Waals surface area contributed by atoms with Gasteiger partial charge in [-0.05, 0) is 44.1 Å². The minimum Gasteiger partial charge on any atom is -0.469 e. The van der Waals surface area contributed by atoms with Gasteiger partial charge in [-0.3, -0.25) is 0 Å². The molecule has 0 saturated carbocycles. The lowest BCUT2D eigenvalue weighted by atomic mass is 9.66. The molecule has 1 heteroatoms. The minimum atomic E-state index is 0.631. The number of allylic oxidation sites excluding steroid dienone is 2. The van der Waals surface area contributed by atoms with Crippen LogP contribution in [0.2, 0.25) is 0 Å². The van der Waals surface area contributed by atoms with E-state index < -0.39 is 0 Å². The molecule has 0 amide bonds. The van der Waals surface area contributed by atoms with E-state index in [9.17, 15) is 0 Å². The fraction of sp³-hybridized carbons (Fsp3) is 0.600. The fourth-order valence-corrected chi connectivity index (χ4v) is 3.58. The number of hydrogen-bond donors (Lipinski definition) is 0. The molecule has 1 aromatic rings. The highest BCUT2D eigenvalue weighted by Gasteiger charge is 2.37. The van der Waals surface area contributed by atoms with Gasteiger partial charge < -0.3 is 4.42 Å². The van der Waals surface area contributed by atoms with E-state index in [4.69, 9.17) is 4.42 Å². The van der Waals surface area contributed by atoms with Crippen molar-refractivity contribution in [1.29, 1.82) is 0 Å². The number of rotatable bonds is 0.